The Kier molecular flexibility index (Phi) is 3.59. The lowest BCUT2D eigenvalue weighted by Crippen LogP contribution is -1.93. The fraction of sp³-hybridized carbons (Fsp3) is 0.0667. The monoisotopic (exact) mass is 348 g/mol. The van der Waals surface area contributed by atoms with Gasteiger partial charge in [-0.25, -0.2) is 4.98 Å². The van der Waals surface area contributed by atoms with Crippen LogP contribution < -0.4 is 4.74 Å². The summed E-state index contributed by atoms with van der Waals surface area (Å²) in [6.07, 6.45) is 1.64. The zero-order valence-electron chi connectivity index (χ0n) is 10.6. The molecule has 0 atom stereocenters. The highest BCUT2D eigenvalue weighted by Crippen LogP contribution is 2.28. The van der Waals surface area contributed by atoms with Crippen LogP contribution in [0.2, 0.25) is 5.28 Å². The molecule has 5 heteroatoms. The van der Waals surface area contributed by atoms with Gasteiger partial charge < -0.3 is 4.74 Å². The van der Waals surface area contributed by atoms with E-state index in [0.717, 1.165) is 26.6 Å². The molecule has 1 heterocycles. The van der Waals surface area contributed by atoms with E-state index in [1.165, 1.54) is 0 Å². The predicted octanol–water partition coefficient (Wildman–Crippen LogP) is 5.15. The largest absolute Gasteiger partial charge is 0.439 e. The third kappa shape index (κ3) is 2.76. The molecule has 0 bridgehead atoms. The standard InChI is InChI=1S/C15H10BrClN2O/c1-9-8-18-15(17)19-14(9)20-13-5-3-10-6-12(16)4-2-11(10)7-13/h2-8H,1H3. The summed E-state index contributed by atoms with van der Waals surface area (Å²) in [7, 11) is 0. The molecule has 3 rings (SSSR count). The third-order valence-corrected chi connectivity index (χ3v) is 3.56. The molecule has 0 aliphatic carbocycles. The second-order valence-electron chi connectivity index (χ2n) is 4.38. The average molecular weight is 350 g/mol. The molecule has 3 aromatic rings. The van der Waals surface area contributed by atoms with Crippen molar-refractivity contribution in [2.24, 2.45) is 0 Å². The fourth-order valence-corrected chi connectivity index (χ4v) is 2.38. The third-order valence-electron chi connectivity index (χ3n) is 2.88. The number of aryl methyl sites for hydroxylation is 1. The van der Waals surface area contributed by atoms with Crippen molar-refractivity contribution in [2.45, 2.75) is 6.92 Å². The number of ether oxygens (including phenoxy) is 1. The van der Waals surface area contributed by atoms with Crippen LogP contribution >= 0.6 is 27.5 Å². The van der Waals surface area contributed by atoms with Gasteiger partial charge in [-0.1, -0.05) is 28.1 Å². The normalized spacial score (nSPS) is 10.8. The highest BCUT2D eigenvalue weighted by Gasteiger charge is 2.06. The Morgan fingerprint density at radius 3 is 2.70 bits per heavy atom. The summed E-state index contributed by atoms with van der Waals surface area (Å²) in [6.45, 7) is 1.88. The molecule has 0 amide bonds. The molecule has 0 saturated heterocycles. The number of benzene rings is 2. The lowest BCUT2D eigenvalue weighted by atomic mass is 10.1. The highest BCUT2D eigenvalue weighted by atomic mass is 79.9. The summed E-state index contributed by atoms with van der Waals surface area (Å²) in [5.41, 5.74) is 0.838. The summed E-state index contributed by atoms with van der Waals surface area (Å²) in [4.78, 5) is 8.00. The molecular weight excluding hydrogens is 340 g/mol. The second-order valence-corrected chi connectivity index (χ2v) is 5.64. The molecule has 1 aromatic heterocycles. The number of rotatable bonds is 2. The molecule has 3 nitrogen and oxygen atoms in total. The van der Waals surface area contributed by atoms with Gasteiger partial charge in [0, 0.05) is 16.2 Å². The highest BCUT2D eigenvalue weighted by molar-refractivity contribution is 9.10. The SMILES string of the molecule is Cc1cnc(Cl)nc1Oc1ccc2cc(Br)ccc2c1. The van der Waals surface area contributed by atoms with E-state index in [1.807, 2.05) is 37.3 Å². The van der Waals surface area contributed by atoms with Crippen molar-refractivity contribution in [1.82, 2.24) is 9.97 Å². The molecule has 100 valence electrons. The van der Waals surface area contributed by atoms with Crippen LogP contribution in [0.15, 0.2) is 47.1 Å². The van der Waals surface area contributed by atoms with Crippen LogP contribution in [-0.4, -0.2) is 9.97 Å². The van der Waals surface area contributed by atoms with E-state index in [-0.39, 0.29) is 5.28 Å². The second kappa shape index (κ2) is 5.38. The van der Waals surface area contributed by atoms with Crippen molar-refractivity contribution in [1.29, 1.82) is 0 Å². The van der Waals surface area contributed by atoms with Crippen LogP contribution in [0.5, 0.6) is 11.6 Å². The van der Waals surface area contributed by atoms with Gasteiger partial charge in [0.15, 0.2) is 0 Å². The van der Waals surface area contributed by atoms with E-state index in [1.54, 1.807) is 6.20 Å². The van der Waals surface area contributed by atoms with Crippen molar-refractivity contribution in [3.8, 4) is 11.6 Å². The number of aromatic nitrogens is 2. The van der Waals surface area contributed by atoms with Gasteiger partial charge >= 0.3 is 0 Å². The summed E-state index contributed by atoms with van der Waals surface area (Å²) in [5.74, 6) is 1.19. The molecule has 0 fully saturated rings. The summed E-state index contributed by atoms with van der Waals surface area (Å²) >= 11 is 9.25. The lowest BCUT2D eigenvalue weighted by Gasteiger charge is -2.08. The van der Waals surface area contributed by atoms with E-state index >= 15 is 0 Å². The first-order chi connectivity index (χ1) is 9.61. The van der Waals surface area contributed by atoms with Crippen LogP contribution in [0, 0.1) is 6.92 Å². The first-order valence-corrected chi connectivity index (χ1v) is 7.15. The topological polar surface area (TPSA) is 35.0 Å². The Hall–Kier alpha value is -1.65. The Morgan fingerprint density at radius 1 is 1.10 bits per heavy atom. The molecule has 2 aromatic carbocycles. The molecule has 0 spiro atoms. The van der Waals surface area contributed by atoms with E-state index in [0.29, 0.717) is 5.88 Å². The van der Waals surface area contributed by atoms with Gasteiger partial charge in [0.25, 0.3) is 0 Å². The van der Waals surface area contributed by atoms with Gasteiger partial charge in [-0.3, -0.25) is 0 Å². The van der Waals surface area contributed by atoms with Crippen molar-refractivity contribution < 1.29 is 4.74 Å². The molecule has 0 unspecified atom stereocenters. The summed E-state index contributed by atoms with van der Waals surface area (Å²) in [6, 6.07) is 12.0. The Bertz CT molecular complexity index is 792. The maximum atomic E-state index is 5.79. The van der Waals surface area contributed by atoms with Crippen LogP contribution in [0.3, 0.4) is 0 Å². The smallest absolute Gasteiger partial charge is 0.226 e. The predicted molar refractivity (Wildman–Crippen MR) is 83.5 cm³/mol. The maximum absolute atomic E-state index is 5.79. The average Bonchev–Trinajstić information content (AvgIpc) is 2.43. The first-order valence-electron chi connectivity index (χ1n) is 5.98. The van der Waals surface area contributed by atoms with Crippen molar-refractivity contribution in [3.05, 3.63) is 57.9 Å². The number of halogens is 2. The van der Waals surface area contributed by atoms with Crippen molar-refractivity contribution in [3.63, 3.8) is 0 Å². The van der Waals surface area contributed by atoms with E-state index in [4.69, 9.17) is 16.3 Å². The maximum Gasteiger partial charge on any atom is 0.226 e. The van der Waals surface area contributed by atoms with E-state index < -0.39 is 0 Å². The van der Waals surface area contributed by atoms with E-state index in [9.17, 15) is 0 Å². The van der Waals surface area contributed by atoms with Crippen LogP contribution in [-0.2, 0) is 0 Å². The first kappa shape index (κ1) is 13.3. The molecule has 20 heavy (non-hydrogen) atoms. The minimum Gasteiger partial charge on any atom is -0.439 e. The number of hydrogen-bond acceptors (Lipinski definition) is 3. The number of hydrogen-bond donors (Lipinski definition) is 0. The quantitative estimate of drug-likeness (QED) is 0.600. The lowest BCUT2D eigenvalue weighted by molar-refractivity contribution is 0.458. The summed E-state index contributed by atoms with van der Waals surface area (Å²) in [5, 5.41) is 2.42. The Balaban J connectivity index is 1.98. The number of nitrogens with zero attached hydrogens (tertiary/aromatic N) is 2. The molecule has 0 aliphatic heterocycles. The Labute approximate surface area is 129 Å². The fourth-order valence-electron chi connectivity index (χ4n) is 1.88. The van der Waals surface area contributed by atoms with Crippen LogP contribution in [0.4, 0.5) is 0 Å². The molecule has 0 radical (unpaired) electrons. The summed E-state index contributed by atoms with van der Waals surface area (Å²) < 4.78 is 6.83. The Morgan fingerprint density at radius 2 is 1.85 bits per heavy atom. The van der Waals surface area contributed by atoms with Gasteiger partial charge in [-0.2, -0.15) is 4.98 Å². The van der Waals surface area contributed by atoms with Gasteiger partial charge in [0.1, 0.15) is 5.75 Å². The van der Waals surface area contributed by atoms with Crippen molar-refractivity contribution >= 4 is 38.3 Å². The van der Waals surface area contributed by atoms with Gasteiger partial charge in [-0.15, -0.1) is 0 Å². The molecular formula is C15H10BrClN2O. The number of fused-ring (bicyclic) bond motifs is 1. The van der Waals surface area contributed by atoms with E-state index in [2.05, 4.69) is 32.0 Å². The minimum absolute atomic E-state index is 0.176. The van der Waals surface area contributed by atoms with Crippen LogP contribution in [0.25, 0.3) is 10.8 Å². The van der Waals surface area contributed by atoms with Crippen LogP contribution in [0.1, 0.15) is 5.56 Å². The van der Waals surface area contributed by atoms with Gasteiger partial charge in [0.2, 0.25) is 11.2 Å². The van der Waals surface area contributed by atoms with Crippen molar-refractivity contribution in [2.75, 3.05) is 0 Å². The molecule has 0 N–H and O–H groups in total. The molecule has 0 aliphatic rings. The zero-order chi connectivity index (χ0) is 14.1. The molecule has 0 saturated carbocycles. The van der Waals surface area contributed by atoms with Gasteiger partial charge in [-0.05, 0) is 53.6 Å². The minimum atomic E-state index is 0.176. The van der Waals surface area contributed by atoms with Gasteiger partial charge in [0.05, 0.1) is 0 Å². The zero-order valence-corrected chi connectivity index (χ0v) is 12.9.